The van der Waals surface area contributed by atoms with Crippen molar-refractivity contribution in [3.8, 4) is 0 Å². The van der Waals surface area contributed by atoms with Gasteiger partial charge in [-0.3, -0.25) is 4.79 Å². The van der Waals surface area contributed by atoms with E-state index >= 15 is 0 Å². The summed E-state index contributed by atoms with van der Waals surface area (Å²) in [7, 11) is 0. The van der Waals surface area contributed by atoms with Crippen molar-refractivity contribution >= 4 is 5.97 Å². The van der Waals surface area contributed by atoms with Gasteiger partial charge in [0.2, 0.25) is 0 Å². The van der Waals surface area contributed by atoms with Gasteiger partial charge in [-0.25, -0.2) is 0 Å². The van der Waals surface area contributed by atoms with Gasteiger partial charge in [-0.15, -0.1) is 0 Å². The van der Waals surface area contributed by atoms with E-state index in [1.807, 2.05) is 19.1 Å². The van der Waals surface area contributed by atoms with Crippen LogP contribution in [-0.2, 0) is 9.53 Å². The molecule has 0 radical (unpaired) electrons. The van der Waals surface area contributed by atoms with Crippen molar-refractivity contribution in [2.24, 2.45) is 0 Å². The summed E-state index contributed by atoms with van der Waals surface area (Å²) in [5.74, 6) is 0.110. The van der Waals surface area contributed by atoms with Crippen LogP contribution in [0, 0.1) is 6.92 Å². The van der Waals surface area contributed by atoms with Crippen LogP contribution in [0.1, 0.15) is 37.3 Å². The highest BCUT2D eigenvalue weighted by Crippen LogP contribution is 2.22. The summed E-state index contributed by atoms with van der Waals surface area (Å²) in [5.41, 5.74) is 2.46. The Bertz CT molecular complexity index is 331. The second-order valence-electron chi connectivity index (χ2n) is 3.77. The van der Waals surface area contributed by atoms with Gasteiger partial charge in [0.1, 0.15) is 0 Å². The molecule has 1 atom stereocenters. The first kappa shape index (κ1) is 11.8. The normalized spacial score (nSPS) is 12.2. The first-order chi connectivity index (χ1) is 7.15. The lowest BCUT2D eigenvalue weighted by atomic mass is 9.94. The predicted octanol–water partition coefficient (Wildman–Crippen LogP) is 3.05. The molecule has 0 spiro atoms. The smallest absolute Gasteiger partial charge is 0.306 e. The van der Waals surface area contributed by atoms with Gasteiger partial charge in [0, 0.05) is 0 Å². The molecular formula is C13H18O2. The van der Waals surface area contributed by atoms with Crippen molar-refractivity contribution in [3.05, 3.63) is 35.4 Å². The molecule has 0 aliphatic rings. The third-order valence-corrected chi connectivity index (χ3v) is 2.50. The molecule has 0 aliphatic carbocycles. The van der Waals surface area contributed by atoms with E-state index in [1.54, 1.807) is 0 Å². The number of esters is 1. The van der Waals surface area contributed by atoms with Crippen LogP contribution in [0.5, 0.6) is 0 Å². The van der Waals surface area contributed by atoms with Crippen molar-refractivity contribution in [3.63, 3.8) is 0 Å². The lowest BCUT2D eigenvalue weighted by Gasteiger charge is -2.13. The molecule has 2 heteroatoms. The van der Waals surface area contributed by atoms with E-state index in [-0.39, 0.29) is 11.9 Å². The van der Waals surface area contributed by atoms with Gasteiger partial charge in [-0.2, -0.15) is 0 Å². The number of benzene rings is 1. The fourth-order valence-corrected chi connectivity index (χ4v) is 1.72. The van der Waals surface area contributed by atoms with E-state index in [9.17, 15) is 4.79 Å². The minimum Gasteiger partial charge on any atom is -0.466 e. The highest BCUT2D eigenvalue weighted by molar-refractivity contribution is 5.70. The molecule has 0 aliphatic heterocycles. The summed E-state index contributed by atoms with van der Waals surface area (Å²) in [6.07, 6.45) is 0.457. The van der Waals surface area contributed by atoms with E-state index in [1.165, 1.54) is 11.1 Å². The maximum Gasteiger partial charge on any atom is 0.306 e. The zero-order chi connectivity index (χ0) is 11.3. The van der Waals surface area contributed by atoms with Crippen LogP contribution in [0.25, 0.3) is 0 Å². The predicted molar refractivity (Wildman–Crippen MR) is 60.8 cm³/mol. The summed E-state index contributed by atoms with van der Waals surface area (Å²) < 4.78 is 4.93. The Hall–Kier alpha value is -1.31. The summed E-state index contributed by atoms with van der Waals surface area (Å²) in [6, 6.07) is 8.15. The highest BCUT2D eigenvalue weighted by atomic mass is 16.5. The Morgan fingerprint density at radius 2 is 2.07 bits per heavy atom. The minimum atomic E-state index is -0.117. The van der Waals surface area contributed by atoms with Crippen LogP contribution < -0.4 is 0 Å². The molecule has 0 amide bonds. The maximum atomic E-state index is 11.3. The minimum absolute atomic E-state index is 0.117. The average Bonchev–Trinajstić information content (AvgIpc) is 2.18. The molecule has 1 aromatic rings. The first-order valence-electron chi connectivity index (χ1n) is 5.36. The zero-order valence-corrected chi connectivity index (χ0v) is 9.62. The molecule has 0 aromatic heterocycles. The molecular weight excluding hydrogens is 188 g/mol. The Balaban J connectivity index is 2.65. The van der Waals surface area contributed by atoms with Gasteiger partial charge in [0.25, 0.3) is 0 Å². The Kier molecular flexibility index (Phi) is 4.35. The van der Waals surface area contributed by atoms with Crippen LogP contribution >= 0.6 is 0 Å². The lowest BCUT2D eigenvalue weighted by molar-refractivity contribution is -0.143. The Morgan fingerprint density at radius 1 is 1.40 bits per heavy atom. The molecule has 1 rings (SSSR count). The van der Waals surface area contributed by atoms with Gasteiger partial charge < -0.3 is 4.74 Å². The SMILES string of the molecule is CCOC(=O)C[C@@H](C)c1ccccc1C. The molecule has 0 heterocycles. The van der Waals surface area contributed by atoms with Crippen molar-refractivity contribution in [2.75, 3.05) is 6.61 Å². The average molecular weight is 206 g/mol. The molecule has 0 bridgehead atoms. The molecule has 82 valence electrons. The van der Waals surface area contributed by atoms with Crippen LogP contribution in [0.4, 0.5) is 0 Å². The van der Waals surface area contributed by atoms with Crippen molar-refractivity contribution in [1.29, 1.82) is 0 Å². The van der Waals surface area contributed by atoms with Crippen LogP contribution in [-0.4, -0.2) is 12.6 Å². The lowest BCUT2D eigenvalue weighted by Crippen LogP contribution is -2.09. The number of rotatable bonds is 4. The monoisotopic (exact) mass is 206 g/mol. The molecule has 15 heavy (non-hydrogen) atoms. The second kappa shape index (κ2) is 5.54. The van der Waals surface area contributed by atoms with Gasteiger partial charge >= 0.3 is 5.97 Å². The van der Waals surface area contributed by atoms with Gasteiger partial charge in [0.15, 0.2) is 0 Å². The second-order valence-corrected chi connectivity index (χ2v) is 3.77. The van der Waals surface area contributed by atoms with Gasteiger partial charge in [0.05, 0.1) is 13.0 Å². The zero-order valence-electron chi connectivity index (χ0n) is 9.62. The van der Waals surface area contributed by atoms with Crippen molar-refractivity contribution in [1.82, 2.24) is 0 Å². The number of hydrogen-bond donors (Lipinski definition) is 0. The number of ether oxygens (including phenoxy) is 1. The van der Waals surface area contributed by atoms with E-state index in [0.717, 1.165) is 0 Å². The van der Waals surface area contributed by atoms with E-state index in [0.29, 0.717) is 13.0 Å². The molecule has 0 saturated heterocycles. The van der Waals surface area contributed by atoms with Gasteiger partial charge in [-0.1, -0.05) is 31.2 Å². The van der Waals surface area contributed by atoms with Crippen molar-refractivity contribution in [2.45, 2.75) is 33.1 Å². The number of hydrogen-bond acceptors (Lipinski definition) is 2. The largest absolute Gasteiger partial charge is 0.466 e. The quantitative estimate of drug-likeness (QED) is 0.708. The molecule has 0 fully saturated rings. The Morgan fingerprint density at radius 3 is 2.67 bits per heavy atom. The highest BCUT2D eigenvalue weighted by Gasteiger charge is 2.13. The van der Waals surface area contributed by atoms with Gasteiger partial charge in [-0.05, 0) is 30.9 Å². The molecule has 0 saturated carbocycles. The maximum absolute atomic E-state index is 11.3. The molecule has 0 N–H and O–H groups in total. The van der Waals surface area contributed by atoms with Crippen LogP contribution in [0.3, 0.4) is 0 Å². The summed E-state index contributed by atoms with van der Waals surface area (Å²) >= 11 is 0. The topological polar surface area (TPSA) is 26.3 Å². The third-order valence-electron chi connectivity index (χ3n) is 2.50. The first-order valence-corrected chi connectivity index (χ1v) is 5.36. The standard InChI is InChI=1S/C13H18O2/c1-4-15-13(14)9-11(3)12-8-6-5-7-10(12)2/h5-8,11H,4,9H2,1-3H3/t11-/m1/s1. The van der Waals surface area contributed by atoms with Crippen molar-refractivity contribution < 1.29 is 9.53 Å². The Labute approximate surface area is 91.3 Å². The summed E-state index contributed by atoms with van der Waals surface area (Å²) in [6.45, 7) is 6.41. The molecule has 2 nitrogen and oxygen atoms in total. The fraction of sp³-hybridized carbons (Fsp3) is 0.462. The van der Waals surface area contributed by atoms with Crippen LogP contribution in [0.2, 0.25) is 0 Å². The van der Waals surface area contributed by atoms with E-state index in [4.69, 9.17) is 4.74 Å². The summed E-state index contributed by atoms with van der Waals surface area (Å²) in [5, 5.41) is 0. The number of carbonyl (C=O) groups is 1. The molecule has 1 aromatic carbocycles. The number of carbonyl (C=O) groups excluding carboxylic acids is 1. The molecule has 0 unspecified atom stereocenters. The number of aryl methyl sites for hydroxylation is 1. The summed E-state index contributed by atoms with van der Waals surface area (Å²) in [4.78, 5) is 11.3. The fourth-order valence-electron chi connectivity index (χ4n) is 1.72. The van der Waals surface area contributed by atoms with E-state index < -0.39 is 0 Å². The van der Waals surface area contributed by atoms with E-state index in [2.05, 4.69) is 26.0 Å². The third kappa shape index (κ3) is 3.39. The van der Waals surface area contributed by atoms with Crippen LogP contribution in [0.15, 0.2) is 24.3 Å².